The lowest BCUT2D eigenvalue weighted by Crippen LogP contribution is -2.18. The van der Waals surface area contributed by atoms with Gasteiger partial charge in [-0.2, -0.15) is 5.10 Å². The molecule has 706 valence electrons. The number of aliphatic imine (C=N–C) groups is 1. The monoisotopic (exact) mass is 1960 g/mol. The summed E-state index contributed by atoms with van der Waals surface area (Å²) in [5.74, 6) is -10.2. The molecule has 26 nitrogen and oxygen atoms in total. The van der Waals surface area contributed by atoms with Crippen LogP contribution in [0.2, 0.25) is 0 Å². The van der Waals surface area contributed by atoms with Crippen molar-refractivity contribution in [3.63, 3.8) is 0 Å². The first-order valence-corrected chi connectivity index (χ1v) is 49.5. The van der Waals surface area contributed by atoms with Gasteiger partial charge < -0.3 is 27.3 Å². The number of para-hydroxylation sites is 1. The van der Waals surface area contributed by atoms with Gasteiger partial charge in [0.1, 0.15) is 75.3 Å². The molecule has 0 bridgehead atoms. The number of rotatable bonds is 31. The summed E-state index contributed by atoms with van der Waals surface area (Å²) in [6, 6.07) is 59.7. The van der Waals surface area contributed by atoms with Gasteiger partial charge in [0.05, 0.1) is 95.3 Å². The first-order valence-electron chi connectivity index (χ1n) is 42.9. The Labute approximate surface area is 790 Å². The van der Waals surface area contributed by atoms with Crippen LogP contribution in [0.1, 0.15) is 62.1 Å². The lowest BCUT2D eigenvalue weighted by Gasteiger charge is -2.09. The molecule has 0 N–H and O–H groups in total. The highest BCUT2D eigenvalue weighted by atomic mass is 32.2. The van der Waals surface area contributed by atoms with Crippen LogP contribution in [0.4, 0.5) is 30.7 Å². The molecular formula is C102H81F7N12O14S4. The highest BCUT2D eigenvalue weighted by molar-refractivity contribution is 7.93. The molecule has 19 rings (SSSR count). The van der Waals surface area contributed by atoms with E-state index in [-0.39, 0.29) is 110 Å². The van der Waals surface area contributed by atoms with Gasteiger partial charge in [-0.3, -0.25) is 39.1 Å². The van der Waals surface area contributed by atoms with Crippen LogP contribution in [0.15, 0.2) is 326 Å². The van der Waals surface area contributed by atoms with Crippen molar-refractivity contribution in [2.24, 2.45) is 4.99 Å². The molecule has 0 unspecified atom stereocenters. The summed E-state index contributed by atoms with van der Waals surface area (Å²) >= 11 is 0. The molecule has 0 spiro atoms. The Morgan fingerprint density at radius 3 is 1.28 bits per heavy atom. The van der Waals surface area contributed by atoms with Gasteiger partial charge >= 0.3 is 0 Å². The van der Waals surface area contributed by atoms with Crippen molar-refractivity contribution in [3.8, 4) is 16.8 Å². The maximum absolute atomic E-state index is 14.9. The number of benzene rings is 8. The number of aromatic nitrogens is 11. The van der Waals surface area contributed by atoms with E-state index in [1.165, 1.54) is 56.9 Å². The SMILES string of the molecule is Cc1cc(CC(=O)CS(=O)(=O)c2cn(Cc3cc(C4=CCN=C4)ccc3F)c3ccccc23)no1.Cc1cc(CC(=O)CS(=O)(=O)c2cn(Cc3cccc(-c4ccncc4)c3)c3cc(F)cc(F)c23)no1.O=C(Cc1ccccn1)CS(=O)(=O)c1cn(Cc2cccc(-n3cccn3)c2)c2cc(F)cc(F)c12.O=C(Cc1ccccn1)CS(=O)(=O)c1cn(Cc2ccccc2)c2cc(F)cc(F)c12. The highest BCUT2D eigenvalue weighted by Crippen LogP contribution is 2.37. The maximum atomic E-state index is 14.9. The number of aryl methyl sites for hydroxylation is 2. The zero-order valence-electron chi connectivity index (χ0n) is 73.8. The number of allylic oxidation sites excluding steroid dienone is 1. The first-order chi connectivity index (χ1) is 66.6. The Hall–Kier alpha value is -15.6. The van der Waals surface area contributed by atoms with Crippen LogP contribution in [0.5, 0.6) is 0 Å². The highest BCUT2D eigenvalue weighted by Gasteiger charge is 2.33. The number of nitrogens with zero attached hydrogens (tertiary/aromatic N) is 12. The minimum atomic E-state index is -4.26. The van der Waals surface area contributed by atoms with Crippen LogP contribution in [0.25, 0.3) is 66.0 Å². The van der Waals surface area contributed by atoms with E-state index in [1.54, 1.807) is 145 Å². The average Bonchev–Trinajstić information content (AvgIpc) is 1.61. The summed E-state index contributed by atoms with van der Waals surface area (Å²) < 4.78 is 225. The second-order valence-electron chi connectivity index (χ2n) is 32.7. The van der Waals surface area contributed by atoms with Gasteiger partial charge in [0.25, 0.3) is 0 Å². The molecule has 11 heterocycles. The van der Waals surface area contributed by atoms with Crippen LogP contribution in [-0.4, -0.2) is 146 Å². The van der Waals surface area contributed by atoms with Crippen molar-refractivity contribution in [3.05, 3.63) is 395 Å². The summed E-state index contributed by atoms with van der Waals surface area (Å²) in [7, 11) is -16.6. The fourth-order valence-corrected chi connectivity index (χ4v) is 22.1. The van der Waals surface area contributed by atoms with E-state index in [9.17, 15) is 83.6 Å². The third-order valence-electron chi connectivity index (χ3n) is 22.3. The first kappa shape index (κ1) is 96.5. The molecule has 37 heteroatoms. The predicted octanol–water partition coefficient (Wildman–Crippen LogP) is 17.2. The van der Waals surface area contributed by atoms with Crippen molar-refractivity contribution in [2.45, 2.75) is 85.3 Å². The van der Waals surface area contributed by atoms with E-state index in [0.29, 0.717) is 75.5 Å². The van der Waals surface area contributed by atoms with Crippen LogP contribution < -0.4 is 0 Å². The van der Waals surface area contributed by atoms with Crippen molar-refractivity contribution >= 4 is 118 Å². The molecule has 0 fully saturated rings. The molecule has 0 amide bonds. The lowest BCUT2D eigenvalue weighted by molar-refractivity contribution is -0.117. The number of carbonyl (C=O) groups excluding carboxylic acids is 4. The summed E-state index contributed by atoms with van der Waals surface area (Å²) in [6.07, 6.45) is 18.1. The molecule has 1 aliphatic heterocycles. The Kier molecular flexibility index (Phi) is 28.8. The van der Waals surface area contributed by atoms with Gasteiger partial charge in [0.15, 0.2) is 62.5 Å². The third kappa shape index (κ3) is 23.2. The molecule has 1 aliphatic rings. The van der Waals surface area contributed by atoms with E-state index in [2.05, 4.69) is 35.4 Å². The summed E-state index contributed by atoms with van der Waals surface area (Å²) in [4.78, 5) is 65.2. The molecule has 0 radical (unpaired) electrons. The molecular weight excluding hydrogens is 1880 g/mol. The van der Waals surface area contributed by atoms with Gasteiger partial charge in [-0.05, 0) is 150 Å². The normalized spacial score (nSPS) is 12.2. The smallest absolute Gasteiger partial charge is 0.187 e. The van der Waals surface area contributed by atoms with Crippen LogP contribution in [0, 0.1) is 54.6 Å². The largest absolute Gasteiger partial charge is 0.361 e. The number of hydrogen-bond acceptors (Lipinski definition) is 21. The second kappa shape index (κ2) is 41.5. The number of ketones is 4. The van der Waals surface area contributed by atoms with Crippen molar-refractivity contribution in [1.82, 2.24) is 53.3 Å². The Balaban J connectivity index is 0.000000134. The Morgan fingerprint density at radius 2 is 0.813 bits per heavy atom. The summed E-state index contributed by atoms with van der Waals surface area (Å²) in [5, 5.41) is 11.4. The molecule has 8 aromatic carbocycles. The fraction of sp³-hybridized carbons (Fsp3) is 0.147. The number of Topliss-reactive ketones (excluding diaryl/α,β-unsaturated/α-hetero) is 4. The molecule has 0 aliphatic carbocycles. The van der Waals surface area contributed by atoms with E-state index >= 15 is 0 Å². The van der Waals surface area contributed by atoms with E-state index in [1.807, 2.05) is 97.1 Å². The number of sulfone groups is 4. The zero-order chi connectivity index (χ0) is 98.0. The molecule has 139 heavy (non-hydrogen) atoms. The summed E-state index contributed by atoms with van der Waals surface area (Å²) in [5.41, 5.74) is 9.69. The quantitative estimate of drug-likeness (QED) is 0.0364. The third-order valence-corrected chi connectivity index (χ3v) is 29.0. The lowest BCUT2D eigenvalue weighted by atomic mass is 10.0. The second-order valence-corrected chi connectivity index (χ2v) is 40.6. The molecule has 0 saturated carbocycles. The standard InChI is InChI=1S/C27H21F2N3O4S.C26H20F2N4O3S.C26H22FN3O4S.C23H18F2N2O3S/c1-17-9-22(31-36-17)13-23(33)16-37(34,35)26-15-32(25-12-21(28)11-24(29)27(25)26)14-18-3-2-4-20(10-18)19-5-7-30-8-6-19;27-19-12-23(28)26-24(13-19)31(15-18-5-3-7-21(11-18)32-10-4-9-30-32)16-25(26)36(34,35)17-22(33)14-20-6-1-2-8-29-20;1-17-10-21(29-34-17)12-22(31)16-35(32,33)26-15-30(25-5-3-2-4-23(25)26)14-20-11-18(6-7-24(20)27)19-8-9-28-13-19;24-17-10-20(25)23-21(11-17)27(13-16-6-2-1-3-7-16)14-22(23)31(29,30)15-19(28)12-18-8-4-5-9-26-18/h2-12,15H,13-14,16H2,1H3;1-13,16H,14-15,17H2;2-8,10-11,13,15H,9,12,14,16H2,1H3;1-11,14H,12-13,15H2. The average molecular weight is 1960 g/mol. The predicted molar refractivity (Wildman–Crippen MR) is 505 cm³/mol. The van der Waals surface area contributed by atoms with Crippen LogP contribution >= 0.6 is 0 Å². The number of pyridine rings is 3. The van der Waals surface area contributed by atoms with Crippen molar-refractivity contribution < 1.29 is 92.6 Å². The fourth-order valence-electron chi connectivity index (χ4n) is 16.2. The topological polar surface area (TPSA) is 345 Å². The molecule has 18 aromatic rings. The van der Waals surface area contributed by atoms with Crippen molar-refractivity contribution in [1.29, 1.82) is 0 Å². The van der Waals surface area contributed by atoms with Gasteiger partial charge in [0.2, 0.25) is 0 Å². The number of carbonyl (C=O) groups is 4. The van der Waals surface area contributed by atoms with E-state index in [0.717, 1.165) is 62.8 Å². The van der Waals surface area contributed by atoms with E-state index < -0.39 is 120 Å². The zero-order valence-corrected chi connectivity index (χ0v) is 77.1. The molecule has 10 aromatic heterocycles. The summed E-state index contributed by atoms with van der Waals surface area (Å²) in [6.45, 7) is 4.60. The Bertz CT molecular complexity index is 8280. The number of hydrogen-bond donors (Lipinski definition) is 0. The minimum Gasteiger partial charge on any atom is -0.361 e. The maximum Gasteiger partial charge on any atom is 0.187 e. The molecule has 0 saturated heterocycles. The van der Waals surface area contributed by atoms with Gasteiger partial charge in [0, 0.05) is 159 Å². The van der Waals surface area contributed by atoms with Gasteiger partial charge in [-0.25, -0.2) is 69.1 Å². The number of fused-ring (bicyclic) bond motifs is 4. The molecule has 0 atom stereocenters. The van der Waals surface area contributed by atoms with Gasteiger partial charge in [-0.15, -0.1) is 0 Å². The minimum absolute atomic E-state index is 0.0416. The van der Waals surface area contributed by atoms with Crippen LogP contribution in [-0.2, 0) is 110 Å². The van der Waals surface area contributed by atoms with E-state index in [4.69, 9.17) is 9.05 Å². The van der Waals surface area contributed by atoms with Gasteiger partial charge in [-0.1, -0.05) is 113 Å². The Morgan fingerprint density at radius 1 is 0.367 bits per heavy atom. The van der Waals surface area contributed by atoms with Crippen LogP contribution in [0.3, 0.4) is 0 Å². The van der Waals surface area contributed by atoms with Crippen molar-refractivity contribution in [2.75, 3.05) is 29.6 Å². The number of halogens is 7.